The number of benzene rings is 1. The minimum Gasteiger partial charge on any atom is -0.382 e. The van der Waals surface area contributed by atoms with Crippen molar-refractivity contribution in [2.45, 2.75) is 13.0 Å². The standard InChI is InChI=1S/C13H14ClNO/c1-9-8-10(5-6-11(9)14)13(16)12-4-3-7-15(12)2/h3-8,13,16H,1-2H3/t13-/m1/s1. The maximum absolute atomic E-state index is 10.2. The predicted octanol–water partition coefficient (Wildman–Crippen LogP) is 3.07. The summed E-state index contributed by atoms with van der Waals surface area (Å²) < 4.78 is 1.91. The lowest BCUT2D eigenvalue weighted by atomic mass is 10.0. The molecule has 0 fully saturated rings. The number of aliphatic hydroxyl groups excluding tert-OH is 1. The Morgan fingerprint density at radius 1 is 1.31 bits per heavy atom. The minimum absolute atomic E-state index is 0.601. The summed E-state index contributed by atoms with van der Waals surface area (Å²) in [4.78, 5) is 0. The van der Waals surface area contributed by atoms with Gasteiger partial charge in [-0.2, -0.15) is 0 Å². The van der Waals surface area contributed by atoms with Crippen LogP contribution in [0.25, 0.3) is 0 Å². The lowest BCUT2D eigenvalue weighted by Gasteiger charge is -2.13. The van der Waals surface area contributed by atoms with Crippen LogP contribution in [0.4, 0.5) is 0 Å². The summed E-state index contributed by atoms with van der Waals surface area (Å²) in [5, 5.41) is 10.9. The summed E-state index contributed by atoms with van der Waals surface area (Å²) in [6, 6.07) is 9.42. The quantitative estimate of drug-likeness (QED) is 0.850. The number of hydrogen-bond acceptors (Lipinski definition) is 1. The smallest absolute Gasteiger partial charge is 0.119 e. The highest BCUT2D eigenvalue weighted by atomic mass is 35.5. The summed E-state index contributed by atoms with van der Waals surface area (Å²) in [5.74, 6) is 0. The lowest BCUT2D eigenvalue weighted by molar-refractivity contribution is 0.211. The number of aromatic nitrogens is 1. The molecule has 16 heavy (non-hydrogen) atoms. The van der Waals surface area contributed by atoms with Crippen molar-refractivity contribution in [1.82, 2.24) is 4.57 Å². The molecule has 0 unspecified atom stereocenters. The van der Waals surface area contributed by atoms with Gasteiger partial charge in [-0.05, 0) is 36.2 Å². The summed E-state index contributed by atoms with van der Waals surface area (Å²) in [7, 11) is 1.92. The van der Waals surface area contributed by atoms with E-state index in [0.29, 0.717) is 0 Å². The molecule has 0 radical (unpaired) electrons. The molecule has 0 aliphatic rings. The van der Waals surface area contributed by atoms with Crippen LogP contribution in [-0.2, 0) is 7.05 Å². The number of hydrogen-bond donors (Lipinski definition) is 1. The number of aryl methyl sites for hydroxylation is 2. The normalized spacial score (nSPS) is 12.8. The average Bonchev–Trinajstić information content (AvgIpc) is 2.67. The number of nitrogens with zero attached hydrogens (tertiary/aromatic N) is 1. The van der Waals surface area contributed by atoms with Gasteiger partial charge in [-0.25, -0.2) is 0 Å². The fourth-order valence-corrected chi connectivity index (χ4v) is 1.88. The van der Waals surface area contributed by atoms with E-state index in [2.05, 4.69) is 0 Å². The van der Waals surface area contributed by atoms with Gasteiger partial charge >= 0.3 is 0 Å². The molecule has 2 nitrogen and oxygen atoms in total. The summed E-state index contributed by atoms with van der Waals surface area (Å²) in [5.41, 5.74) is 2.72. The largest absolute Gasteiger partial charge is 0.382 e. The summed E-state index contributed by atoms with van der Waals surface area (Å²) >= 11 is 5.95. The molecule has 0 aliphatic heterocycles. The van der Waals surface area contributed by atoms with Crippen LogP contribution in [-0.4, -0.2) is 9.67 Å². The molecule has 0 saturated heterocycles. The SMILES string of the molecule is Cc1cc([C@@H](O)c2cccn2C)ccc1Cl. The third-order valence-electron chi connectivity index (χ3n) is 2.76. The van der Waals surface area contributed by atoms with E-state index in [9.17, 15) is 5.11 Å². The van der Waals surface area contributed by atoms with Crippen LogP contribution in [0.15, 0.2) is 36.5 Å². The predicted molar refractivity (Wildman–Crippen MR) is 65.7 cm³/mol. The van der Waals surface area contributed by atoms with Crippen LogP contribution in [0.3, 0.4) is 0 Å². The van der Waals surface area contributed by atoms with Gasteiger partial charge in [0.25, 0.3) is 0 Å². The molecule has 84 valence electrons. The van der Waals surface area contributed by atoms with Gasteiger partial charge in [-0.15, -0.1) is 0 Å². The Labute approximate surface area is 100 Å². The van der Waals surface area contributed by atoms with Crippen molar-refractivity contribution in [1.29, 1.82) is 0 Å². The average molecular weight is 236 g/mol. The van der Waals surface area contributed by atoms with Crippen LogP contribution >= 0.6 is 11.6 Å². The van der Waals surface area contributed by atoms with E-state index in [1.807, 2.05) is 55.1 Å². The molecule has 0 bridgehead atoms. The van der Waals surface area contributed by atoms with E-state index in [-0.39, 0.29) is 0 Å². The van der Waals surface area contributed by atoms with E-state index in [4.69, 9.17) is 11.6 Å². The zero-order valence-corrected chi connectivity index (χ0v) is 10.1. The Hall–Kier alpha value is -1.25. The topological polar surface area (TPSA) is 25.2 Å². The zero-order valence-electron chi connectivity index (χ0n) is 9.31. The molecule has 2 rings (SSSR count). The Morgan fingerprint density at radius 3 is 2.62 bits per heavy atom. The Bertz CT molecular complexity index is 504. The summed E-state index contributed by atoms with van der Waals surface area (Å²) in [6.45, 7) is 1.93. The highest BCUT2D eigenvalue weighted by Gasteiger charge is 2.13. The van der Waals surface area contributed by atoms with Crippen molar-refractivity contribution in [2.24, 2.45) is 7.05 Å². The minimum atomic E-state index is -0.601. The Kier molecular flexibility index (Phi) is 3.03. The highest BCUT2D eigenvalue weighted by molar-refractivity contribution is 6.31. The first-order valence-corrected chi connectivity index (χ1v) is 5.52. The lowest BCUT2D eigenvalue weighted by Crippen LogP contribution is -2.05. The van der Waals surface area contributed by atoms with Gasteiger partial charge < -0.3 is 9.67 Å². The van der Waals surface area contributed by atoms with Crippen LogP contribution < -0.4 is 0 Å². The van der Waals surface area contributed by atoms with Crippen LogP contribution in [0.2, 0.25) is 5.02 Å². The molecule has 1 heterocycles. The van der Waals surface area contributed by atoms with Gasteiger partial charge in [0.05, 0.1) is 5.69 Å². The maximum atomic E-state index is 10.2. The van der Waals surface area contributed by atoms with Crippen molar-refractivity contribution in [3.63, 3.8) is 0 Å². The van der Waals surface area contributed by atoms with Crippen LogP contribution in [0.1, 0.15) is 22.9 Å². The van der Waals surface area contributed by atoms with E-state index >= 15 is 0 Å². The van der Waals surface area contributed by atoms with Crippen molar-refractivity contribution in [3.8, 4) is 0 Å². The second-order valence-corrected chi connectivity index (χ2v) is 4.36. The first-order valence-electron chi connectivity index (χ1n) is 5.15. The summed E-state index contributed by atoms with van der Waals surface area (Å²) in [6.07, 6.45) is 1.32. The van der Waals surface area contributed by atoms with Gasteiger partial charge in [0.1, 0.15) is 6.10 Å². The van der Waals surface area contributed by atoms with Crippen LogP contribution in [0, 0.1) is 6.92 Å². The van der Waals surface area contributed by atoms with E-state index < -0.39 is 6.10 Å². The molecule has 3 heteroatoms. The van der Waals surface area contributed by atoms with Crippen molar-refractivity contribution < 1.29 is 5.11 Å². The number of rotatable bonds is 2. The third kappa shape index (κ3) is 1.99. The first kappa shape index (κ1) is 11.2. The van der Waals surface area contributed by atoms with Gasteiger partial charge in [-0.1, -0.05) is 23.7 Å². The Morgan fingerprint density at radius 2 is 2.06 bits per heavy atom. The third-order valence-corrected chi connectivity index (χ3v) is 3.19. The molecule has 1 aromatic carbocycles. The van der Waals surface area contributed by atoms with E-state index in [1.165, 1.54) is 0 Å². The molecule has 1 N–H and O–H groups in total. The zero-order chi connectivity index (χ0) is 11.7. The number of aliphatic hydroxyl groups is 1. The second-order valence-electron chi connectivity index (χ2n) is 3.96. The molecule has 0 saturated carbocycles. The monoisotopic (exact) mass is 235 g/mol. The molecular weight excluding hydrogens is 222 g/mol. The van der Waals surface area contributed by atoms with Gasteiger partial charge in [-0.3, -0.25) is 0 Å². The molecule has 0 amide bonds. The van der Waals surface area contributed by atoms with E-state index in [1.54, 1.807) is 0 Å². The molecular formula is C13H14ClNO. The first-order chi connectivity index (χ1) is 7.59. The molecule has 0 spiro atoms. The molecule has 1 atom stereocenters. The highest BCUT2D eigenvalue weighted by Crippen LogP contribution is 2.25. The van der Waals surface area contributed by atoms with Crippen LogP contribution in [0.5, 0.6) is 0 Å². The number of halogens is 1. The van der Waals surface area contributed by atoms with Crippen molar-refractivity contribution >= 4 is 11.6 Å². The van der Waals surface area contributed by atoms with Gasteiger partial charge in [0, 0.05) is 18.3 Å². The van der Waals surface area contributed by atoms with Crippen molar-refractivity contribution in [3.05, 3.63) is 58.4 Å². The molecule has 1 aromatic heterocycles. The van der Waals surface area contributed by atoms with Gasteiger partial charge in [0.15, 0.2) is 0 Å². The van der Waals surface area contributed by atoms with Crippen molar-refractivity contribution in [2.75, 3.05) is 0 Å². The molecule has 0 aliphatic carbocycles. The Balaban J connectivity index is 2.38. The second kappa shape index (κ2) is 4.32. The fraction of sp³-hybridized carbons (Fsp3) is 0.231. The maximum Gasteiger partial charge on any atom is 0.119 e. The van der Waals surface area contributed by atoms with E-state index in [0.717, 1.165) is 21.8 Å². The van der Waals surface area contributed by atoms with Gasteiger partial charge in [0.2, 0.25) is 0 Å². The fourth-order valence-electron chi connectivity index (χ4n) is 1.77. The molecule has 2 aromatic rings.